The molecule has 0 aliphatic carbocycles. The number of nitrogens with zero attached hydrogens (tertiary/aromatic N) is 2. The molecule has 2 heterocycles. The van der Waals surface area contributed by atoms with Crippen LogP contribution in [0.25, 0.3) is 0 Å². The van der Waals surface area contributed by atoms with Crippen molar-refractivity contribution >= 4 is 0 Å². The lowest BCUT2D eigenvalue weighted by Gasteiger charge is -2.45. The van der Waals surface area contributed by atoms with Crippen LogP contribution in [0.1, 0.15) is 25.5 Å². The highest BCUT2D eigenvalue weighted by molar-refractivity contribution is 5.37. The molecule has 1 fully saturated rings. The summed E-state index contributed by atoms with van der Waals surface area (Å²) in [6, 6.07) is 8.44. The molecule has 0 spiro atoms. The third-order valence-corrected chi connectivity index (χ3v) is 4.68. The van der Waals surface area contributed by atoms with E-state index in [4.69, 9.17) is 4.74 Å². The van der Waals surface area contributed by atoms with Crippen molar-refractivity contribution < 1.29 is 9.84 Å². The van der Waals surface area contributed by atoms with Crippen LogP contribution in [0.5, 0.6) is 5.75 Å². The third kappa shape index (κ3) is 2.43. The topological polar surface area (TPSA) is 35.9 Å². The van der Waals surface area contributed by atoms with Gasteiger partial charge in [-0.15, -0.1) is 0 Å². The van der Waals surface area contributed by atoms with E-state index in [0.29, 0.717) is 12.6 Å². The molecule has 4 nitrogen and oxygen atoms in total. The summed E-state index contributed by atoms with van der Waals surface area (Å²) in [6.07, 6.45) is -0.444. The molecule has 110 valence electrons. The SMILES string of the molecule is CCN1CCN(C2COc3ccccc3C2O)CC1C. The van der Waals surface area contributed by atoms with E-state index in [9.17, 15) is 5.11 Å². The van der Waals surface area contributed by atoms with Crippen LogP contribution in [0.2, 0.25) is 0 Å². The van der Waals surface area contributed by atoms with Gasteiger partial charge in [-0.25, -0.2) is 0 Å². The van der Waals surface area contributed by atoms with Gasteiger partial charge in [-0.05, 0) is 19.5 Å². The van der Waals surface area contributed by atoms with Crippen molar-refractivity contribution in [1.29, 1.82) is 0 Å². The summed E-state index contributed by atoms with van der Waals surface area (Å²) in [6.45, 7) is 9.23. The molecular formula is C16H24N2O2. The summed E-state index contributed by atoms with van der Waals surface area (Å²) >= 11 is 0. The molecule has 3 unspecified atom stereocenters. The number of fused-ring (bicyclic) bond motifs is 1. The molecule has 1 saturated heterocycles. The number of hydrogen-bond donors (Lipinski definition) is 1. The Morgan fingerprint density at radius 3 is 2.85 bits per heavy atom. The summed E-state index contributed by atoms with van der Waals surface area (Å²) in [4.78, 5) is 4.87. The van der Waals surface area contributed by atoms with Gasteiger partial charge in [-0.3, -0.25) is 9.80 Å². The van der Waals surface area contributed by atoms with E-state index < -0.39 is 6.10 Å². The Labute approximate surface area is 120 Å². The zero-order valence-electron chi connectivity index (χ0n) is 12.3. The van der Waals surface area contributed by atoms with E-state index in [1.54, 1.807) is 0 Å². The fourth-order valence-electron chi connectivity index (χ4n) is 3.43. The van der Waals surface area contributed by atoms with E-state index in [0.717, 1.165) is 37.5 Å². The molecule has 1 N–H and O–H groups in total. The Balaban J connectivity index is 1.73. The maximum Gasteiger partial charge on any atom is 0.125 e. The van der Waals surface area contributed by atoms with Gasteiger partial charge in [0.25, 0.3) is 0 Å². The first-order valence-corrected chi connectivity index (χ1v) is 7.58. The molecule has 4 heteroatoms. The molecule has 1 aromatic carbocycles. The number of aliphatic hydroxyl groups is 1. The molecule has 2 aliphatic rings. The Hall–Kier alpha value is -1.10. The Morgan fingerprint density at radius 1 is 1.30 bits per heavy atom. The standard InChI is InChI=1S/C16H24N2O2/c1-3-17-8-9-18(10-12(17)2)14-11-20-15-7-5-4-6-13(15)16(14)19/h4-7,12,14,16,19H,3,8-11H2,1-2H3. The number of rotatable bonds is 2. The average molecular weight is 276 g/mol. The summed E-state index contributed by atoms with van der Waals surface area (Å²) in [5.41, 5.74) is 0.925. The van der Waals surface area contributed by atoms with Crippen LogP contribution in [-0.2, 0) is 0 Å². The molecule has 0 bridgehead atoms. The van der Waals surface area contributed by atoms with Gasteiger partial charge >= 0.3 is 0 Å². The van der Waals surface area contributed by atoms with E-state index in [2.05, 4.69) is 23.6 Å². The Bertz CT molecular complexity index is 466. The van der Waals surface area contributed by atoms with Gasteiger partial charge in [-0.1, -0.05) is 25.1 Å². The third-order valence-electron chi connectivity index (χ3n) is 4.68. The van der Waals surface area contributed by atoms with Crippen molar-refractivity contribution in [2.45, 2.75) is 32.0 Å². The second-order valence-corrected chi connectivity index (χ2v) is 5.83. The first-order valence-electron chi connectivity index (χ1n) is 7.58. The van der Waals surface area contributed by atoms with Crippen LogP contribution in [0, 0.1) is 0 Å². The van der Waals surface area contributed by atoms with Gasteiger partial charge in [0.15, 0.2) is 0 Å². The molecular weight excluding hydrogens is 252 g/mol. The van der Waals surface area contributed by atoms with Gasteiger partial charge < -0.3 is 9.84 Å². The molecule has 2 aliphatic heterocycles. The van der Waals surface area contributed by atoms with E-state index >= 15 is 0 Å². The number of piperazine rings is 1. The molecule has 3 rings (SSSR count). The average Bonchev–Trinajstić information content (AvgIpc) is 2.48. The van der Waals surface area contributed by atoms with Gasteiger partial charge in [0.2, 0.25) is 0 Å². The fraction of sp³-hybridized carbons (Fsp3) is 0.625. The highest BCUT2D eigenvalue weighted by atomic mass is 16.5. The van der Waals surface area contributed by atoms with Crippen LogP contribution in [-0.4, -0.2) is 59.8 Å². The summed E-state index contributed by atoms with van der Waals surface area (Å²) in [5, 5.41) is 10.6. The van der Waals surface area contributed by atoms with Crippen molar-refractivity contribution in [1.82, 2.24) is 9.80 Å². The minimum Gasteiger partial charge on any atom is -0.491 e. The normalized spacial score (nSPS) is 31.6. The molecule has 0 saturated carbocycles. The minimum absolute atomic E-state index is 0.0753. The van der Waals surface area contributed by atoms with Crippen LogP contribution in [0.15, 0.2) is 24.3 Å². The minimum atomic E-state index is -0.444. The lowest BCUT2D eigenvalue weighted by Crippen LogP contribution is -2.57. The molecule has 0 amide bonds. The van der Waals surface area contributed by atoms with Crippen LogP contribution < -0.4 is 4.74 Å². The number of likely N-dealkylation sites (N-methyl/N-ethyl adjacent to an activating group) is 1. The second kappa shape index (κ2) is 5.72. The van der Waals surface area contributed by atoms with E-state index in [1.807, 2.05) is 24.3 Å². The lowest BCUT2D eigenvalue weighted by atomic mass is 9.97. The predicted octanol–water partition coefficient (Wildman–Crippen LogP) is 1.51. The van der Waals surface area contributed by atoms with Gasteiger partial charge in [-0.2, -0.15) is 0 Å². The van der Waals surface area contributed by atoms with Gasteiger partial charge in [0, 0.05) is 31.2 Å². The molecule has 0 radical (unpaired) electrons. The zero-order chi connectivity index (χ0) is 14.1. The highest BCUT2D eigenvalue weighted by Gasteiger charge is 2.36. The lowest BCUT2D eigenvalue weighted by molar-refractivity contribution is -0.0295. The predicted molar refractivity (Wildman–Crippen MR) is 79.0 cm³/mol. The summed E-state index contributed by atoms with van der Waals surface area (Å²) in [7, 11) is 0. The maximum atomic E-state index is 10.6. The van der Waals surface area contributed by atoms with Crippen molar-refractivity contribution in [3.63, 3.8) is 0 Å². The van der Waals surface area contributed by atoms with Gasteiger partial charge in [0.1, 0.15) is 18.5 Å². The molecule has 3 atom stereocenters. The van der Waals surface area contributed by atoms with E-state index in [1.165, 1.54) is 0 Å². The number of aliphatic hydroxyl groups excluding tert-OH is 1. The summed E-state index contributed by atoms with van der Waals surface area (Å²) < 4.78 is 5.83. The number of hydrogen-bond acceptors (Lipinski definition) is 4. The van der Waals surface area contributed by atoms with Crippen molar-refractivity contribution in [2.75, 3.05) is 32.8 Å². The second-order valence-electron chi connectivity index (χ2n) is 5.83. The fourth-order valence-corrected chi connectivity index (χ4v) is 3.43. The summed E-state index contributed by atoms with van der Waals surface area (Å²) in [5.74, 6) is 0.830. The quantitative estimate of drug-likeness (QED) is 0.888. The largest absolute Gasteiger partial charge is 0.491 e. The van der Waals surface area contributed by atoms with Crippen molar-refractivity contribution in [3.8, 4) is 5.75 Å². The van der Waals surface area contributed by atoms with Crippen LogP contribution in [0.3, 0.4) is 0 Å². The monoisotopic (exact) mass is 276 g/mol. The van der Waals surface area contributed by atoms with Crippen LogP contribution in [0.4, 0.5) is 0 Å². The number of benzene rings is 1. The first-order chi connectivity index (χ1) is 9.70. The van der Waals surface area contributed by atoms with Crippen molar-refractivity contribution in [3.05, 3.63) is 29.8 Å². The van der Waals surface area contributed by atoms with Crippen molar-refractivity contribution in [2.24, 2.45) is 0 Å². The first kappa shape index (κ1) is 13.9. The number of ether oxygens (including phenoxy) is 1. The Morgan fingerprint density at radius 2 is 2.10 bits per heavy atom. The Kier molecular flexibility index (Phi) is 3.96. The smallest absolute Gasteiger partial charge is 0.125 e. The molecule has 20 heavy (non-hydrogen) atoms. The highest BCUT2D eigenvalue weighted by Crippen LogP contribution is 2.34. The zero-order valence-corrected chi connectivity index (χ0v) is 12.3. The molecule has 1 aromatic rings. The number of para-hydroxylation sites is 1. The van der Waals surface area contributed by atoms with Gasteiger partial charge in [0.05, 0.1) is 6.04 Å². The van der Waals surface area contributed by atoms with E-state index in [-0.39, 0.29) is 6.04 Å². The maximum absolute atomic E-state index is 10.6. The molecule has 0 aromatic heterocycles. The van der Waals surface area contributed by atoms with Crippen LogP contribution >= 0.6 is 0 Å².